The molecule has 2 aliphatic rings. The van der Waals surface area contributed by atoms with Gasteiger partial charge in [0, 0.05) is 55.6 Å². The molecule has 1 aliphatic heterocycles. The summed E-state index contributed by atoms with van der Waals surface area (Å²) in [5.41, 5.74) is 2.56. The molecule has 2 aromatic rings. The van der Waals surface area contributed by atoms with E-state index in [1.54, 1.807) is 18.2 Å². The van der Waals surface area contributed by atoms with Crippen LogP contribution in [0.2, 0.25) is 0 Å². The van der Waals surface area contributed by atoms with Gasteiger partial charge >= 0.3 is 0 Å². The van der Waals surface area contributed by atoms with Crippen LogP contribution in [0.3, 0.4) is 0 Å². The standard InChI is InChI=1S/C26H33FN4O2/c27-19-21-18-23(11-12-25(21)29-33)28-22-9-6-20(7-10-22)8-13-26(32)31-16-14-30(15-17-31)24-4-2-1-3-5-24/h1-5,11-12,18,20,22,28H,6-10,13-17,19H2. The number of piperazine rings is 1. The summed E-state index contributed by atoms with van der Waals surface area (Å²) in [5.74, 6) is 0.867. The number of anilines is 2. The van der Waals surface area contributed by atoms with E-state index in [0.717, 1.165) is 64.0 Å². The molecule has 0 bridgehead atoms. The van der Waals surface area contributed by atoms with E-state index >= 15 is 0 Å². The van der Waals surface area contributed by atoms with Crippen molar-refractivity contribution in [1.82, 2.24) is 4.90 Å². The summed E-state index contributed by atoms with van der Waals surface area (Å²) in [7, 11) is 0. The number of nitrogens with one attached hydrogen (secondary N) is 1. The summed E-state index contributed by atoms with van der Waals surface area (Å²) in [6.07, 6.45) is 5.85. The van der Waals surface area contributed by atoms with Crippen molar-refractivity contribution in [1.29, 1.82) is 0 Å². The molecule has 176 valence electrons. The maximum Gasteiger partial charge on any atom is 0.222 e. The van der Waals surface area contributed by atoms with Crippen LogP contribution in [0.4, 0.5) is 21.5 Å². The molecule has 4 rings (SSSR count). The number of carbonyl (C=O) groups is 1. The number of halogens is 1. The van der Waals surface area contributed by atoms with E-state index in [4.69, 9.17) is 0 Å². The highest BCUT2D eigenvalue weighted by Gasteiger charge is 2.25. The zero-order chi connectivity index (χ0) is 23.0. The maximum absolute atomic E-state index is 13.1. The number of alkyl halides is 1. The van der Waals surface area contributed by atoms with Gasteiger partial charge in [-0.3, -0.25) is 4.79 Å². The highest BCUT2D eigenvalue weighted by Crippen LogP contribution is 2.31. The predicted octanol–water partition coefficient (Wildman–Crippen LogP) is 5.65. The summed E-state index contributed by atoms with van der Waals surface area (Å²) in [6.45, 7) is 2.67. The molecule has 2 aromatic carbocycles. The van der Waals surface area contributed by atoms with Crippen molar-refractivity contribution in [3.8, 4) is 0 Å². The lowest BCUT2D eigenvalue weighted by Crippen LogP contribution is -2.48. The van der Waals surface area contributed by atoms with Crippen molar-refractivity contribution in [2.45, 2.75) is 51.2 Å². The highest BCUT2D eigenvalue weighted by atomic mass is 19.1. The minimum Gasteiger partial charge on any atom is -0.382 e. The largest absolute Gasteiger partial charge is 0.382 e. The molecule has 0 spiro atoms. The molecular weight excluding hydrogens is 419 g/mol. The van der Waals surface area contributed by atoms with E-state index in [1.165, 1.54) is 5.69 Å². The first-order valence-corrected chi connectivity index (χ1v) is 12.0. The van der Waals surface area contributed by atoms with Gasteiger partial charge in [0.15, 0.2) is 0 Å². The molecule has 7 heteroatoms. The smallest absolute Gasteiger partial charge is 0.222 e. The Hall–Kier alpha value is -2.96. The lowest BCUT2D eigenvalue weighted by molar-refractivity contribution is -0.131. The number of hydrogen-bond acceptors (Lipinski definition) is 5. The van der Waals surface area contributed by atoms with Crippen LogP contribution < -0.4 is 10.2 Å². The molecule has 1 aliphatic carbocycles. The van der Waals surface area contributed by atoms with Crippen LogP contribution in [0.15, 0.2) is 53.7 Å². The Morgan fingerprint density at radius 3 is 2.39 bits per heavy atom. The fourth-order valence-corrected chi connectivity index (χ4v) is 5.04. The fourth-order valence-electron chi connectivity index (χ4n) is 5.04. The van der Waals surface area contributed by atoms with Gasteiger partial charge in [-0.25, -0.2) is 4.39 Å². The first-order valence-electron chi connectivity index (χ1n) is 12.0. The Morgan fingerprint density at radius 1 is 1.00 bits per heavy atom. The topological polar surface area (TPSA) is 65.0 Å². The molecular formula is C26H33FN4O2. The SMILES string of the molecule is O=Nc1ccc(NC2CCC(CCC(=O)N3CCN(c4ccccc4)CC3)CC2)cc1CF. The molecule has 0 atom stereocenters. The minimum atomic E-state index is -0.696. The lowest BCUT2D eigenvalue weighted by Gasteiger charge is -2.36. The third-order valence-electron chi connectivity index (χ3n) is 7.06. The Bertz CT molecular complexity index is 923. The number of para-hydroxylation sites is 1. The normalized spacial score (nSPS) is 21.0. The molecule has 6 nitrogen and oxygen atoms in total. The lowest BCUT2D eigenvalue weighted by atomic mass is 9.83. The molecule has 0 radical (unpaired) electrons. The van der Waals surface area contributed by atoms with Crippen molar-refractivity contribution < 1.29 is 9.18 Å². The summed E-state index contributed by atoms with van der Waals surface area (Å²) in [5, 5.41) is 6.35. The number of carbonyl (C=O) groups excluding carboxylic acids is 1. The zero-order valence-electron chi connectivity index (χ0n) is 19.1. The van der Waals surface area contributed by atoms with Gasteiger partial charge in [0.2, 0.25) is 5.91 Å². The van der Waals surface area contributed by atoms with Gasteiger partial charge in [-0.05, 0) is 73.5 Å². The predicted molar refractivity (Wildman–Crippen MR) is 131 cm³/mol. The maximum atomic E-state index is 13.1. The van der Waals surface area contributed by atoms with Crippen LogP contribution in [0.5, 0.6) is 0 Å². The second kappa shape index (κ2) is 11.3. The Labute approximate surface area is 195 Å². The molecule has 1 amide bonds. The summed E-state index contributed by atoms with van der Waals surface area (Å²) in [6, 6.07) is 15.8. The molecule has 1 saturated carbocycles. The number of rotatable bonds is 8. The first kappa shape index (κ1) is 23.2. The number of nitrogens with zero attached hydrogens (tertiary/aromatic N) is 3. The zero-order valence-corrected chi connectivity index (χ0v) is 19.1. The van der Waals surface area contributed by atoms with E-state index in [2.05, 4.69) is 39.7 Å². The second-order valence-electron chi connectivity index (χ2n) is 9.17. The first-order chi connectivity index (χ1) is 16.2. The van der Waals surface area contributed by atoms with Crippen molar-refractivity contribution >= 4 is 23.0 Å². The van der Waals surface area contributed by atoms with Crippen molar-refractivity contribution in [2.24, 2.45) is 11.1 Å². The second-order valence-corrected chi connectivity index (χ2v) is 9.17. The van der Waals surface area contributed by atoms with Crippen LogP contribution in [-0.4, -0.2) is 43.0 Å². The number of amides is 1. The minimum absolute atomic E-state index is 0.165. The number of benzene rings is 2. The van der Waals surface area contributed by atoms with Crippen LogP contribution in [0, 0.1) is 10.8 Å². The molecule has 33 heavy (non-hydrogen) atoms. The average molecular weight is 453 g/mol. The number of nitroso groups, excluding NO2 is 1. The Morgan fingerprint density at radius 2 is 1.73 bits per heavy atom. The average Bonchev–Trinajstić information content (AvgIpc) is 2.88. The third kappa shape index (κ3) is 6.09. The Kier molecular flexibility index (Phi) is 7.92. The van der Waals surface area contributed by atoms with E-state index in [0.29, 0.717) is 23.9 Å². The summed E-state index contributed by atoms with van der Waals surface area (Å²) in [4.78, 5) is 27.8. The molecule has 2 fully saturated rings. The van der Waals surface area contributed by atoms with Gasteiger partial charge in [0.25, 0.3) is 0 Å². The van der Waals surface area contributed by atoms with Crippen LogP contribution >= 0.6 is 0 Å². The monoisotopic (exact) mass is 452 g/mol. The third-order valence-corrected chi connectivity index (χ3v) is 7.06. The van der Waals surface area contributed by atoms with Gasteiger partial charge in [0.1, 0.15) is 12.4 Å². The van der Waals surface area contributed by atoms with Gasteiger partial charge in [-0.1, -0.05) is 18.2 Å². The van der Waals surface area contributed by atoms with Gasteiger partial charge in [0.05, 0.1) is 0 Å². The number of hydrogen-bond donors (Lipinski definition) is 1. The molecule has 1 saturated heterocycles. The van der Waals surface area contributed by atoms with E-state index in [-0.39, 0.29) is 11.6 Å². The van der Waals surface area contributed by atoms with Crippen molar-refractivity contribution in [3.63, 3.8) is 0 Å². The molecule has 0 unspecified atom stereocenters. The molecule has 1 heterocycles. The van der Waals surface area contributed by atoms with E-state index in [9.17, 15) is 14.1 Å². The van der Waals surface area contributed by atoms with Crippen molar-refractivity contribution in [3.05, 3.63) is 59.0 Å². The fraction of sp³-hybridized carbons (Fsp3) is 0.500. The van der Waals surface area contributed by atoms with Crippen LogP contribution in [-0.2, 0) is 11.5 Å². The van der Waals surface area contributed by atoms with E-state index in [1.807, 2.05) is 11.0 Å². The van der Waals surface area contributed by atoms with Crippen molar-refractivity contribution in [2.75, 3.05) is 36.4 Å². The Balaban J connectivity index is 1.16. The van der Waals surface area contributed by atoms with Gasteiger partial charge < -0.3 is 15.1 Å². The van der Waals surface area contributed by atoms with E-state index < -0.39 is 6.67 Å². The molecule has 0 aromatic heterocycles. The van der Waals surface area contributed by atoms with Crippen LogP contribution in [0.1, 0.15) is 44.1 Å². The summed E-state index contributed by atoms with van der Waals surface area (Å²) >= 11 is 0. The molecule has 1 N–H and O–H groups in total. The van der Waals surface area contributed by atoms with Gasteiger partial charge in [-0.15, -0.1) is 4.91 Å². The highest BCUT2D eigenvalue weighted by molar-refractivity contribution is 5.76. The summed E-state index contributed by atoms with van der Waals surface area (Å²) < 4.78 is 13.1. The van der Waals surface area contributed by atoms with Gasteiger partial charge in [-0.2, -0.15) is 0 Å². The quantitative estimate of drug-likeness (QED) is 0.526. The van der Waals surface area contributed by atoms with Crippen LogP contribution in [0.25, 0.3) is 0 Å².